The number of hydrogen-bond acceptors (Lipinski definition) is 2. The summed E-state index contributed by atoms with van der Waals surface area (Å²) in [7, 11) is 0. The average molecular weight is 346 g/mol. The van der Waals surface area contributed by atoms with Crippen LogP contribution in [0.15, 0.2) is 22.7 Å². The van der Waals surface area contributed by atoms with Crippen LogP contribution in [0.4, 0.5) is 18.9 Å². The van der Waals surface area contributed by atoms with Gasteiger partial charge in [0, 0.05) is 0 Å². The van der Waals surface area contributed by atoms with Gasteiger partial charge in [-0.1, -0.05) is 17.7 Å². The minimum absolute atomic E-state index is 0.399. The average Bonchev–Trinajstić information content (AvgIpc) is 2.23. The Morgan fingerprint density at radius 3 is 2.67 bits per heavy atom. The Morgan fingerprint density at radius 2 is 2.06 bits per heavy atom. The highest BCUT2D eigenvalue weighted by atomic mass is 79.9. The first-order valence-electron chi connectivity index (χ1n) is 4.81. The lowest BCUT2D eigenvalue weighted by molar-refractivity contribution is -0.126. The molecule has 0 saturated carbocycles. The third-order valence-corrected chi connectivity index (χ3v) is 3.23. The van der Waals surface area contributed by atoms with Crippen molar-refractivity contribution in [3.63, 3.8) is 0 Å². The monoisotopic (exact) mass is 344 g/mol. The standard InChI is InChI=1S/C10H9BrClF3N2O/c11-9-6(12)2-1-3-7(9)17-8(18)4-16-5-10(13,14)15/h1-3,16H,4-5H2,(H,17,18). The van der Waals surface area contributed by atoms with Gasteiger partial charge in [0.15, 0.2) is 0 Å². The van der Waals surface area contributed by atoms with E-state index in [9.17, 15) is 18.0 Å². The van der Waals surface area contributed by atoms with Crippen molar-refractivity contribution >= 4 is 39.1 Å². The van der Waals surface area contributed by atoms with E-state index in [0.717, 1.165) is 0 Å². The van der Waals surface area contributed by atoms with Crippen LogP contribution in [-0.4, -0.2) is 25.2 Å². The van der Waals surface area contributed by atoms with Crippen LogP contribution in [0.25, 0.3) is 0 Å². The van der Waals surface area contributed by atoms with Gasteiger partial charge in [-0.3, -0.25) is 4.79 Å². The maximum atomic E-state index is 11.8. The smallest absolute Gasteiger partial charge is 0.324 e. The summed E-state index contributed by atoms with van der Waals surface area (Å²) < 4.78 is 36.0. The van der Waals surface area contributed by atoms with Crippen LogP contribution in [0.5, 0.6) is 0 Å². The summed E-state index contributed by atoms with van der Waals surface area (Å²) in [5.74, 6) is -0.581. The summed E-state index contributed by atoms with van der Waals surface area (Å²) in [6.45, 7) is -1.64. The molecule has 0 bridgehead atoms. The zero-order chi connectivity index (χ0) is 13.8. The first-order chi connectivity index (χ1) is 8.29. The van der Waals surface area contributed by atoms with Crippen molar-refractivity contribution in [3.8, 4) is 0 Å². The summed E-state index contributed by atoms with van der Waals surface area (Å²) in [5.41, 5.74) is 0.404. The molecule has 0 aliphatic rings. The lowest BCUT2D eigenvalue weighted by Gasteiger charge is -2.10. The zero-order valence-corrected chi connectivity index (χ0v) is 11.3. The Labute approximate surface area is 115 Å². The first kappa shape index (κ1) is 15.3. The Kier molecular flexibility index (Phi) is 5.43. The molecule has 1 rings (SSSR count). The SMILES string of the molecule is O=C(CNCC(F)(F)F)Nc1cccc(Cl)c1Br. The topological polar surface area (TPSA) is 41.1 Å². The molecule has 8 heteroatoms. The number of hydrogen-bond donors (Lipinski definition) is 2. The third kappa shape index (κ3) is 5.24. The van der Waals surface area contributed by atoms with E-state index in [2.05, 4.69) is 21.2 Å². The molecule has 1 aromatic carbocycles. The van der Waals surface area contributed by atoms with E-state index >= 15 is 0 Å². The van der Waals surface area contributed by atoms with E-state index in [-0.39, 0.29) is 0 Å². The minimum atomic E-state index is -4.34. The number of alkyl halides is 3. The van der Waals surface area contributed by atoms with Gasteiger partial charge in [0.05, 0.1) is 28.3 Å². The molecule has 18 heavy (non-hydrogen) atoms. The maximum Gasteiger partial charge on any atom is 0.401 e. The molecule has 0 aliphatic carbocycles. The number of nitrogens with one attached hydrogen (secondary N) is 2. The molecule has 0 fully saturated rings. The fourth-order valence-electron chi connectivity index (χ4n) is 1.11. The quantitative estimate of drug-likeness (QED) is 0.880. The molecule has 0 aromatic heterocycles. The molecule has 0 radical (unpaired) electrons. The number of benzene rings is 1. The van der Waals surface area contributed by atoms with Gasteiger partial charge in [-0.15, -0.1) is 0 Å². The Hall–Kier alpha value is -0.790. The number of amides is 1. The van der Waals surface area contributed by atoms with Crippen molar-refractivity contribution < 1.29 is 18.0 Å². The van der Waals surface area contributed by atoms with Gasteiger partial charge in [-0.05, 0) is 28.1 Å². The van der Waals surface area contributed by atoms with E-state index in [1.807, 2.05) is 5.32 Å². The second kappa shape index (κ2) is 6.40. The molecule has 1 aromatic rings. The summed E-state index contributed by atoms with van der Waals surface area (Å²) in [6, 6.07) is 4.81. The number of rotatable bonds is 4. The van der Waals surface area contributed by atoms with Crippen LogP contribution in [0.2, 0.25) is 5.02 Å². The molecule has 0 atom stereocenters. The molecule has 2 N–H and O–H groups in total. The normalized spacial score (nSPS) is 11.4. The highest BCUT2D eigenvalue weighted by Gasteiger charge is 2.26. The van der Waals surface area contributed by atoms with Gasteiger partial charge in [-0.2, -0.15) is 13.2 Å². The predicted molar refractivity (Wildman–Crippen MR) is 66.7 cm³/mol. The lowest BCUT2D eigenvalue weighted by Crippen LogP contribution is -2.35. The Bertz CT molecular complexity index is 440. The lowest BCUT2D eigenvalue weighted by atomic mass is 10.3. The van der Waals surface area contributed by atoms with Crippen molar-refractivity contribution in [1.82, 2.24) is 5.32 Å². The Balaban J connectivity index is 2.48. The second-order valence-electron chi connectivity index (χ2n) is 3.37. The summed E-state index contributed by atoms with van der Waals surface area (Å²) in [5, 5.41) is 4.83. The molecule has 0 spiro atoms. The van der Waals surface area contributed by atoms with Gasteiger partial charge < -0.3 is 10.6 Å². The van der Waals surface area contributed by atoms with E-state index in [1.165, 1.54) is 0 Å². The third-order valence-electron chi connectivity index (χ3n) is 1.84. The molecule has 0 heterocycles. The largest absolute Gasteiger partial charge is 0.401 e. The number of halogens is 5. The summed E-state index contributed by atoms with van der Waals surface area (Å²) in [4.78, 5) is 11.4. The molecular formula is C10H9BrClF3N2O. The molecule has 0 saturated heterocycles. The molecule has 0 aliphatic heterocycles. The first-order valence-corrected chi connectivity index (χ1v) is 5.98. The van der Waals surface area contributed by atoms with Crippen LogP contribution in [0, 0.1) is 0 Å². The van der Waals surface area contributed by atoms with Crippen molar-refractivity contribution in [1.29, 1.82) is 0 Å². The van der Waals surface area contributed by atoms with E-state index in [4.69, 9.17) is 11.6 Å². The van der Waals surface area contributed by atoms with Crippen LogP contribution in [0.1, 0.15) is 0 Å². The van der Waals surface area contributed by atoms with Gasteiger partial charge in [0.2, 0.25) is 5.91 Å². The summed E-state index contributed by atoms with van der Waals surface area (Å²) in [6.07, 6.45) is -4.34. The van der Waals surface area contributed by atoms with Crippen molar-refractivity contribution in [2.75, 3.05) is 18.4 Å². The maximum absolute atomic E-state index is 11.8. The van der Waals surface area contributed by atoms with Crippen LogP contribution < -0.4 is 10.6 Å². The minimum Gasteiger partial charge on any atom is -0.324 e. The van der Waals surface area contributed by atoms with Crippen LogP contribution in [0.3, 0.4) is 0 Å². The predicted octanol–water partition coefficient (Wildman–Crippen LogP) is 3.19. The van der Waals surface area contributed by atoms with Crippen molar-refractivity contribution in [2.45, 2.75) is 6.18 Å². The van der Waals surface area contributed by atoms with Crippen LogP contribution >= 0.6 is 27.5 Å². The van der Waals surface area contributed by atoms with Gasteiger partial charge in [0.25, 0.3) is 0 Å². The van der Waals surface area contributed by atoms with E-state index in [1.54, 1.807) is 18.2 Å². The van der Waals surface area contributed by atoms with Gasteiger partial charge in [0.1, 0.15) is 0 Å². The van der Waals surface area contributed by atoms with E-state index in [0.29, 0.717) is 15.2 Å². The molecule has 1 amide bonds. The highest BCUT2D eigenvalue weighted by Crippen LogP contribution is 2.29. The number of anilines is 1. The molecule has 100 valence electrons. The molecular weight excluding hydrogens is 336 g/mol. The molecule has 0 unspecified atom stereocenters. The van der Waals surface area contributed by atoms with E-state index < -0.39 is 25.2 Å². The van der Waals surface area contributed by atoms with Crippen molar-refractivity contribution in [3.05, 3.63) is 27.7 Å². The highest BCUT2D eigenvalue weighted by molar-refractivity contribution is 9.10. The molecule has 3 nitrogen and oxygen atoms in total. The van der Waals surface area contributed by atoms with Crippen molar-refractivity contribution in [2.24, 2.45) is 0 Å². The second-order valence-corrected chi connectivity index (χ2v) is 4.57. The van der Waals surface area contributed by atoms with Gasteiger partial charge >= 0.3 is 6.18 Å². The van der Waals surface area contributed by atoms with Crippen LogP contribution in [-0.2, 0) is 4.79 Å². The van der Waals surface area contributed by atoms with Gasteiger partial charge in [-0.25, -0.2) is 0 Å². The Morgan fingerprint density at radius 1 is 1.39 bits per heavy atom. The zero-order valence-electron chi connectivity index (χ0n) is 8.94. The fourth-order valence-corrected chi connectivity index (χ4v) is 1.65. The fraction of sp³-hybridized carbons (Fsp3) is 0.300. The summed E-state index contributed by atoms with van der Waals surface area (Å²) >= 11 is 8.96. The number of carbonyl (C=O) groups excluding carboxylic acids is 1. The number of carbonyl (C=O) groups is 1.